The van der Waals surface area contributed by atoms with Crippen LogP contribution in [0.1, 0.15) is 33.6 Å². The van der Waals surface area contributed by atoms with Gasteiger partial charge in [-0.3, -0.25) is 4.79 Å². The maximum absolute atomic E-state index is 11.0. The SMILES string of the molecule is CC#[N+]C(C)C(=O)CCC. The van der Waals surface area contributed by atoms with Crippen molar-refractivity contribution in [2.45, 2.75) is 39.7 Å². The molecule has 0 fully saturated rings. The number of hydrogen-bond donors (Lipinski definition) is 0. The Hall–Kier alpha value is -0.840. The smallest absolute Gasteiger partial charge is 0.291 e. The van der Waals surface area contributed by atoms with Crippen molar-refractivity contribution in [2.75, 3.05) is 0 Å². The quantitative estimate of drug-likeness (QED) is 0.588. The monoisotopic (exact) mass is 140 g/mol. The van der Waals surface area contributed by atoms with Crippen molar-refractivity contribution >= 4 is 5.78 Å². The maximum atomic E-state index is 11.0. The highest BCUT2D eigenvalue weighted by molar-refractivity contribution is 5.85. The lowest BCUT2D eigenvalue weighted by atomic mass is 10.1. The average Bonchev–Trinajstić information content (AvgIpc) is 1.89. The zero-order chi connectivity index (χ0) is 7.98. The zero-order valence-electron chi connectivity index (χ0n) is 6.85. The third-order valence-corrected chi connectivity index (χ3v) is 1.29. The number of carbonyl (C=O) groups is 1. The molecule has 0 aromatic heterocycles. The summed E-state index contributed by atoms with van der Waals surface area (Å²) in [6, 6.07) is 2.42. The van der Waals surface area contributed by atoms with E-state index in [1.54, 1.807) is 13.8 Å². The Kier molecular flexibility index (Phi) is 4.57. The number of carbonyl (C=O) groups excluding carboxylic acids is 1. The molecule has 0 rings (SSSR count). The van der Waals surface area contributed by atoms with Crippen LogP contribution in [0.5, 0.6) is 0 Å². The second kappa shape index (κ2) is 4.99. The van der Waals surface area contributed by atoms with Crippen molar-refractivity contribution < 1.29 is 4.79 Å². The van der Waals surface area contributed by atoms with Crippen LogP contribution in [0.2, 0.25) is 0 Å². The van der Waals surface area contributed by atoms with E-state index in [1.807, 2.05) is 6.92 Å². The standard InChI is InChI=1S/C8H14NO/c1-4-6-8(10)7(3)9-5-2/h7H,4,6H2,1-3H3/q+1. The van der Waals surface area contributed by atoms with Gasteiger partial charge in [0.1, 0.15) is 0 Å². The van der Waals surface area contributed by atoms with Crippen LogP contribution in [-0.4, -0.2) is 11.8 Å². The number of hydrogen-bond acceptors (Lipinski definition) is 1. The van der Waals surface area contributed by atoms with Crippen LogP contribution in [0.15, 0.2) is 0 Å². The van der Waals surface area contributed by atoms with Crippen molar-refractivity contribution in [1.82, 2.24) is 0 Å². The molecule has 0 amide bonds. The Balaban J connectivity index is 3.78. The number of Topliss-reactive ketones (excluding diaryl/α,β-unsaturated/α-hetero) is 1. The average molecular weight is 140 g/mol. The molecular formula is C8H14NO+. The molecule has 0 bridgehead atoms. The van der Waals surface area contributed by atoms with E-state index in [2.05, 4.69) is 10.9 Å². The van der Waals surface area contributed by atoms with Gasteiger partial charge in [-0.05, 0) is 6.42 Å². The maximum Gasteiger partial charge on any atom is 0.326 e. The molecule has 0 spiro atoms. The van der Waals surface area contributed by atoms with E-state index in [-0.39, 0.29) is 11.8 Å². The summed E-state index contributed by atoms with van der Waals surface area (Å²) in [5.41, 5.74) is 0. The molecule has 1 atom stereocenters. The summed E-state index contributed by atoms with van der Waals surface area (Å²) in [4.78, 5) is 14.8. The van der Waals surface area contributed by atoms with E-state index >= 15 is 0 Å². The van der Waals surface area contributed by atoms with Crippen LogP contribution < -0.4 is 0 Å². The van der Waals surface area contributed by atoms with Gasteiger partial charge in [0.05, 0.1) is 6.92 Å². The lowest BCUT2D eigenvalue weighted by Gasteiger charge is -1.89. The second-order valence-electron chi connectivity index (χ2n) is 2.24. The van der Waals surface area contributed by atoms with Gasteiger partial charge in [0, 0.05) is 13.3 Å². The van der Waals surface area contributed by atoms with Crippen molar-refractivity contribution in [2.24, 2.45) is 0 Å². The predicted molar refractivity (Wildman–Crippen MR) is 42.3 cm³/mol. The Bertz CT molecular complexity index is 164. The fraction of sp³-hybridized carbons (Fsp3) is 0.750. The lowest BCUT2D eigenvalue weighted by molar-refractivity contribution is -0.119. The van der Waals surface area contributed by atoms with Gasteiger partial charge in [0.2, 0.25) is 5.78 Å². The topological polar surface area (TPSA) is 21.4 Å². The van der Waals surface area contributed by atoms with Gasteiger partial charge in [0.25, 0.3) is 6.07 Å². The number of rotatable bonds is 3. The van der Waals surface area contributed by atoms with Gasteiger partial charge >= 0.3 is 6.04 Å². The molecule has 0 radical (unpaired) electrons. The summed E-state index contributed by atoms with van der Waals surface area (Å²) in [5.74, 6) is 0.205. The fourth-order valence-corrected chi connectivity index (χ4v) is 0.721. The molecule has 0 N–H and O–H groups in total. The molecule has 10 heavy (non-hydrogen) atoms. The molecule has 0 saturated heterocycles. The van der Waals surface area contributed by atoms with Crippen LogP contribution in [0.3, 0.4) is 0 Å². The van der Waals surface area contributed by atoms with Crippen LogP contribution in [0, 0.1) is 6.07 Å². The third-order valence-electron chi connectivity index (χ3n) is 1.29. The van der Waals surface area contributed by atoms with Gasteiger partial charge in [-0.15, -0.1) is 0 Å². The summed E-state index contributed by atoms with van der Waals surface area (Å²) in [5, 5.41) is 0. The van der Waals surface area contributed by atoms with E-state index in [0.29, 0.717) is 6.42 Å². The Labute approximate surface area is 62.1 Å². The molecule has 56 valence electrons. The molecular weight excluding hydrogens is 126 g/mol. The molecule has 2 heteroatoms. The van der Waals surface area contributed by atoms with E-state index in [1.165, 1.54) is 0 Å². The Morgan fingerprint density at radius 3 is 2.70 bits per heavy atom. The molecule has 1 unspecified atom stereocenters. The van der Waals surface area contributed by atoms with Crippen LogP contribution in [-0.2, 0) is 4.79 Å². The summed E-state index contributed by atoms with van der Waals surface area (Å²) in [6.45, 7) is 5.49. The molecule has 0 saturated carbocycles. The van der Waals surface area contributed by atoms with Gasteiger partial charge in [-0.25, -0.2) is 0 Å². The Morgan fingerprint density at radius 2 is 2.30 bits per heavy atom. The molecule has 0 aromatic carbocycles. The van der Waals surface area contributed by atoms with Crippen molar-refractivity contribution in [1.29, 1.82) is 0 Å². The van der Waals surface area contributed by atoms with Crippen molar-refractivity contribution in [3.8, 4) is 6.07 Å². The minimum Gasteiger partial charge on any atom is -0.291 e. The minimum absolute atomic E-state index is 0.190. The number of nitrogens with zero attached hydrogens (tertiary/aromatic N) is 1. The van der Waals surface area contributed by atoms with E-state index in [0.717, 1.165) is 6.42 Å². The molecule has 0 aromatic rings. The highest BCUT2D eigenvalue weighted by Gasteiger charge is 2.18. The van der Waals surface area contributed by atoms with Gasteiger partial charge < -0.3 is 0 Å². The first kappa shape index (κ1) is 9.16. The van der Waals surface area contributed by atoms with Gasteiger partial charge in [-0.1, -0.05) is 11.8 Å². The van der Waals surface area contributed by atoms with Crippen LogP contribution in [0.25, 0.3) is 4.85 Å². The van der Waals surface area contributed by atoms with E-state index < -0.39 is 0 Å². The molecule has 0 heterocycles. The lowest BCUT2D eigenvalue weighted by Crippen LogP contribution is -2.11. The van der Waals surface area contributed by atoms with E-state index in [9.17, 15) is 4.79 Å². The normalized spacial score (nSPS) is 11.5. The summed E-state index contributed by atoms with van der Waals surface area (Å²) in [7, 11) is 0. The first-order valence-electron chi connectivity index (χ1n) is 3.61. The third kappa shape index (κ3) is 3.24. The van der Waals surface area contributed by atoms with Crippen molar-refractivity contribution in [3.63, 3.8) is 0 Å². The molecule has 0 aliphatic carbocycles. The summed E-state index contributed by atoms with van der Waals surface area (Å²) >= 11 is 0. The highest BCUT2D eigenvalue weighted by atomic mass is 16.1. The fourth-order valence-electron chi connectivity index (χ4n) is 0.721. The largest absolute Gasteiger partial charge is 0.326 e. The molecule has 2 nitrogen and oxygen atoms in total. The minimum atomic E-state index is -0.190. The van der Waals surface area contributed by atoms with E-state index in [4.69, 9.17) is 0 Å². The number of ketones is 1. The van der Waals surface area contributed by atoms with Crippen molar-refractivity contribution in [3.05, 3.63) is 4.85 Å². The first-order chi connectivity index (χ1) is 4.72. The molecule has 0 aliphatic rings. The van der Waals surface area contributed by atoms with Gasteiger partial charge in [-0.2, -0.15) is 0 Å². The predicted octanol–water partition coefficient (Wildman–Crippen LogP) is 2.10. The highest BCUT2D eigenvalue weighted by Crippen LogP contribution is 1.98. The van der Waals surface area contributed by atoms with Crippen LogP contribution in [0.4, 0.5) is 0 Å². The van der Waals surface area contributed by atoms with Crippen LogP contribution >= 0.6 is 0 Å². The summed E-state index contributed by atoms with van der Waals surface area (Å²) in [6.07, 6.45) is 1.54. The zero-order valence-corrected chi connectivity index (χ0v) is 6.85. The second-order valence-corrected chi connectivity index (χ2v) is 2.24. The first-order valence-corrected chi connectivity index (χ1v) is 3.61. The Morgan fingerprint density at radius 1 is 1.70 bits per heavy atom. The summed E-state index contributed by atoms with van der Waals surface area (Å²) < 4.78 is 0. The molecule has 0 aliphatic heterocycles. The van der Waals surface area contributed by atoms with Gasteiger partial charge in [0.15, 0.2) is 0 Å².